The van der Waals surface area contributed by atoms with Gasteiger partial charge in [0.05, 0.1) is 5.39 Å². The lowest BCUT2D eigenvalue weighted by Gasteiger charge is -2.19. The van der Waals surface area contributed by atoms with Gasteiger partial charge in [-0.05, 0) is 78.8 Å². The van der Waals surface area contributed by atoms with Gasteiger partial charge in [0.15, 0.2) is 6.61 Å². The Morgan fingerprint density at radius 2 is 1.77 bits per heavy atom. The third kappa shape index (κ3) is 3.79. The lowest BCUT2D eigenvalue weighted by atomic mass is 9.90. The van der Waals surface area contributed by atoms with E-state index in [4.69, 9.17) is 9.15 Å². The molecule has 1 amide bonds. The summed E-state index contributed by atoms with van der Waals surface area (Å²) in [5, 5.41) is 5.90. The van der Waals surface area contributed by atoms with E-state index in [2.05, 4.69) is 5.32 Å². The molecule has 0 aliphatic heterocycles. The predicted molar refractivity (Wildman–Crippen MR) is 122 cm³/mol. The number of ether oxygens (including phenoxy) is 1. The summed E-state index contributed by atoms with van der Waals surface area (Å²) < 4.78 is 11.5. The largest absolute Gasteiger partial charge is 0.483 e. The van der Waals surface area contributed by atoms with Gasteiger partial charge in [0.2, 0.25) is 0 Å². The number of fused-ring (bicyclic) bond motifs is 4. The molecule has 4 aromatic rings. The highest BCUT2D eigenvalue weighted by Crippen LogP contribution is 2.34. The van der Waals surface area contributed by atoms with Crippen molar-refractivity contribution >= 4 is 33.3 Å². The highest BCUT2D eigenvalue weighted by atomic mass is 16.5. The molecule has 5 nitrogen and oxygen atoms in total. The summed E-state index contributed by atoms with van der Waals surface area (Å²) in [5.74, 6) is 0.349. The average Bonchev–Trinajstić information content (AvgIpc) is 2.77. The number of amides is 1. The molecule has 3 aromatic carbocycles. The van der Waals surface area contributed by atoms with Crippen LogP contribution in [-0.2, 0) is 17.6 Å². The number of hydrogen-bond donors (Lipinski definition) is 1. The van der Waals surface area contributed by atoms with E-state index in [0.29, 0.717) is 11.3 Å². The van der Waals surface area contributed by atoms with Crippen LogP contribution in [0.3, 0.4) is 0 Å². The number of benzene rings is 3. The molecular formula is C26H23NO4. The second kappa shape index (κ2) is 7.91. The van der Waals surface area contributed by atoms with Gasteiger partial charge in [-0.15, -0.1) is 0 Å². The number of rotatable bonds is 4. The maximum absolute atomic E-state index is 12.6. The quantitative estimate of drug-likeness (QED) is 0.470. The van der Waals surface area contributed by atoms with Crippen LogP contribution >= 0.6 is 0 Å². The molecule has 0 unspecified atom stereocenters. The zero-order chi connectivity index (χ0) is 21.4. The van der Waals surface area contributed by atoms with Gasteiger partial charge in [0.1, 0.15) is 11.3 Å². The molecule has 1 N–H and O–H groups in total. The molecule has 0 saturated carbocycles. The zero-order valence-corrected chi connectivity index (χ0v) is 17.4. The number of nitrogens with one attached hydrogen (secondary N) is 1. The molecule has 0 fully saturated rings. The topological polar surface area (TPSA) is 68.5 Å². The minimum atomic E-state index is -0.257. The average molecular weight is 413 g/mol. The van der Waals surface area contributed by atoms with E-state index < -0.39 is 0 Å². The smallest absolute Gasteiger partial charge is 0.339 e. The Morgan fingerprint density at radius 3 is 2.61 bits per heavy atom. The Bertz CT molecular complexity index is 1370. The summed E-state index contributed by atoms with van der Waals surface area (Å²) in [6, 6.07) is 17.6. The molecule has 0 spiro atoms. The van der Waals surface area contributed by atoms with Crippen molar-refractivity contribution in [3.05, 3.63) is 81.7 Å². The second-order valence-electron chi connectivity index (χ2n) is 8.09. The third-order valence-electron chi connectivity index (χ3n) is 5.82. The number of carbonyl (C=O) groups excluding carboxylic acids is 1. The molecule has 5 rings (SSSR count). The first kappa shape index (κ1) is 19.4. The maximum Gasteiger partial charge on any atom is 0.339 e. The van der Waals surface area contributed by atoms with Crippen molar-refractivity contribution in [2.75, 3.05) is 11.9 Å². The van der Waals surface area contributed by atoms with Crippen LogP contribution in [0.1, 0.15) is 29.5 Å². The van der Waals surface area contributed by atoms with Crippen molar-refractivity contribution in [1.82, 2.24) is 0 Å². The summed E-state index contributed by atoms with van der Waals surface area (Å²) in [5.41, 5.74) is 3.65. The number of carbonyl (C=O) groups is 1. The molecule has 0 saturated heterocycles. The van der Waals surface area contributed by atoms with Gasteiger partial charge in [-0.2, -0.15) is 0 Å². The second-order valence-corrected chi connectivity index (χ2v) is 8.09. The van der Waals surface area contributed by atoms with Gasteiger partial charge in [-0.25, -0.2) is 4.79 Å². The fourth-order valence-electron chi connectivity index (χ4n) is 4.39. The summed E-state index contributed by atoms with van der Waals surface area (Å²) in [7, 11) is 0. The van der Waals surface area contributed by atoms with Gasteiger partial charge in [-0.1, -0.05) is 30.3 Å². The molecule has 0 bridgehead atoms. The first-order valence-electron chi connectivity index (χ1n) is 10.6. The van der Waals surface area contributed by atoms with Crippen LogP contribution in [0.25, 0.3) is 21.7 Å². The van der Waals surface area contributed by atoms with Crippen LogP contribution in [-0.4, -0.2) is 12.5 Å². The van der Waals surface area contributed by atoms with Crippen molar-refractivity contribution in [3.63, 3.8) is 0 Å². The van der Waals surface area contributed by atoms with Gasteiger partial charge in [0.25, 0.3) is 5.91 Å². The first-order valence-corrected chi connectivity index (χ1v) is 10.6. The SMILES string of the molecule is Cc1cc(OCC(=O)Nc2ccc3ccccc3c2)c2c3c(c(=O)oc2c1)CCCC3. The number of hydrogen-bond acceptors (Lipinski definition) is 4. The Hall–Kier alpha value is -3.60. The van der Waals surface area contributed by atoms with Gasteiger partial charge in [-0.3, -0.25) is 4.79 Å². The van der Waals surface area contributed by atoms with Crippen molar-refractivity contribution in [2.24, 2.45) is 0 Å². The lowest BCUT2D eigenvalue weighted by Crippen LogP contribution is -2.21. The third-order valence-corrected chi connectivity index (χ3v) is 5.82. The normalized spacial score (nSPS) is 13.2. The van der Waals surface area contributed by atoms with Crippen LogP contribution < -0.4 is 15.7 Å². The monoisotopic (exact) mass is 413 g/mol. The molecule has 0 radical (unpaired) electrons. The molecule has 1 aromatic heterocycles. The van der Waals surface area contributed by atoms with Gasteiger partial charge in [0, 0.05) is 11.3 Å². The Balaban J connectivity index is 1.41. The first-order chi connectivity index (χ1) is 15.1. The standard InChI is InChI=1S/C26H23NO4/c1-16-12-22(25-20-8-4-5-9-21(20)26(29)31-23(25)13-16)30-15-24(28)27-19-11-10-17-6-2-3-7-18(17)14-19/h2-3,6-7,10-14H,4-5,8-9,15H2,1H3,(H,27,28). The maximum atomic E-state index is 12.6. The molecule has 31 heavy (non-hydrogen) atoms. The molecule has 0 atom stereocenters. The summed E-state index contributed by atoms with van der Waals surface area (Å²) in [4.78, 5) is 25.0. The van der Waals surface area contributed by atoms with Gasteiger partial charge < -0.3 is 14.5 Å². The number of aryl methyl sites for hydroxylation is 2. The van der Waals surface area contributed by atoms with E-state index in [0.717, 1.165) is 64.2 Å². The minimum Gasteiger partial charge on any atom is -0.483 e. The van der Waals surface area contributed by atoms with E-state index in [-0.39, 0.29) is 18.1 Å². The van der Waals surface area contributed by atoms with Crippen molar-refractivity contribution in [3.8, 4) is 5.75 Å². The molecule has 5 heteroatoms. The van der Waals surface area contributed by atoms with Gasteiger partial charge >= 0.3 is 5.63 Å². The summed E-state index contributed by atoms with van der Waals surface area (Å²) in [6.45, 7) is 1.79. The van der Waals surface area contributed by atoms with Crippen LogP contribution in [0.4, 0.5) is 5.69 Å². The Labute approximate surface area is 179 Å². The Kier molecular flexibility index (Phi) is 4.94. The predicted octanol–water partition coefficient (Wildman–Crippen LogP) is 5.15. The molecule has 156 valence electrons. The highest BCUT2D eigenvalue weighted by Gasteiger charge is 2.21. The van der Waals surface area contributed by atoms with E-state index in [1.807, 2.05) is 61.5 Å². The molecule has 1 aliphatic rings. The van der Waals surface area contributed by atoms with Crippen LogP contribution in [0.2, 0.25) is 0 Å². The molecular weight excluding hydrogens is 390 g/mol. The van der Waals surface area contributed by atoms with Crippen LogP contribution in [0.15, 0.2) is 63.8 Å². The van der Waals surface area contributed by atoms with E-state index in [1.54, 1.807) is 0 Å². The van der Waals surface area contributed by atoms with Crippen LogP contribution in [0, 0.1) is 6.92 Å². The summed E-state index contributed by atoms with van der Waals surface area (Å²) in [6.07, 6.45) is 3.56. The van der Waals surface area contributed by atoms with Crippen molar-refractivity contribution < 1.29 is 13.9 Å². The van der Waals surface area contributed by atoms with E-state index in [9.17, 15) is 9.59 Å². The minimum absolute atomic E-state index is 0.126. The fraction of sp³-hybridized carbons (Fsp3) is 0.231. The molecule has 1 aliphatic carbocycles. The van der Waals surface area contributed by atoms with Crippen molar-refractivity contribution in [1.29, 1.82) is 0 Å². The Morgan fingerprint density at radius 1 is 1.00 bits per heavy atom. The lowest BCUT2D eigenvalue weighted by molar-refractivity contribution is -0.118. The summed E-state index contributed by atoms with van der Waals surface area (Å²) >= 11 is 0. The van der Waals surface area contributed by atoms with Crippen molar-refractivity contribution in [2.45, 2.75) is 32.6 Å². The highest BCUT2D eigenvalue weighted by molar-refractivity contribution is 5.95. The number of anilines is 1. The molecule has 1 heterocycles. The fourth-order valence-corrected chi connectivity index (χ4v) is 4.39. The van der Waals surface area contributed by atoms with E-state index in [1.165, 1.54) is 0 Å². The van der Waals surface area contributed by atoms with E-state index >= 15 is 0 Å². The zero-order valence-electron chi connectivity index (χ0n) is 17.4. The van der Waals surface area contributed by atoms with Crippen LogP contribution in [0.5, 0.6) is 5.75 Å².